The Labute approximate surface area is 89.5 Å². The SMILES string of the molecule is Cc1cc(CN)nc(SCC(C)C)n1. The minimum atomic E-state index is 0.485. The molecule has 78 valence electrons. The number of aryl methyl sites for hydroxylation is 1. The second kappa shape index (κ2) is 5.32. The fourth-order valence-corrected chi connectivity index (χ4v) is 1.89. The van der Waals surface area contributed by atoms with Crippen LogP contribution in [0.3, 0.4) is 0 Å². The third kappa shape index (κ3) is 3.64. The molecule has 4 heteroatoms. The highest BCUT2D eigenvalue weighted by Crippen LogP contribution is 2.17. The van der Waals surface area contributed by atoms with Crippen LogP contribution in [0.5, 0.6) is 0 Å². The van der Waals surface area contributed by atoms with Gasteiger partial charge in [0.25, 0.3) is 0 Å². The second-order valence-electron chi connectivity index (χ2n) is 3.69. The molecule has 0 bridgehead atoms. The Kier molecular flexibility index (Phi) is 4.35. The molecule has 0 fully saturated rings. The summed E-state index contributed by atoms with van der Waals surface area (Å²) in [6.45, 7) is 6.83. The van der Waals surface area contributed by atoms with Gasteiger partial charge in [-0.3, -0.25) is 0 Å². The Morgan fingerprint density at radius 2 is 2.14 bits per heavy atom. The zero-order valence-corrected chi connectivity index (χ0v) is 9.77. The molecule has 0 unspecified atom stereocenters. The first-order chi connectivity index (χ1) is 6.61. The van der Waals surface area contributed by atoms with Gasteiger partial charge in [-0.25, -0.2) is 9.97 Å². The van der Waals surface area contributed by atoms with E-state index < -0.39 is 0 Å². The van der Waals surface area contributed by atoms with E-state index >= 15 is 0 Å². The lowest BCUT2D eigenvalue weighted by Crippen LogP contribution is -2.03. The van der Waals surface area contributed by atoms with Gasteiger partial charge in [0.15, 0.2) is 5.16 Å². The van der Waals surface area contributed by atoms with Crippen molar-refractivity contribution in [2.45, 2.75) is 32.5 Å². The van der Waals surface area contributed by atoms with Crippen molar-refractivity contribution < 1.29 is 0 Å². The van der Waals surface area contributed by atoms with Crippen molar-refractivity contribution in [3.05, 3.63) is 17.5 Å². The predicted octanol–water partition coefficient (Wildman–Crippen LogP) is 1.99. The van der Waals surface area contributed by atoms with Gasteiger partial charge in [0.2, 0.25) is 0 Å². The van der Waals surface area contributed by atoms with Gasteiger partial charge in [-0.2, -0.15) is 0 Å². The van der Waals surface area contributed by atoms with E-state index in [1.165, 1.54) is 0 Å². The zero-order valence-electron chi connectivity index (χ0n) is 8.95. The van der Waals surface area contributed by atoms with Crippen LogP contribution in [0.4, 0.5) is 0 Å². The Morgan fingerprint density at radius 3 is 2.71 bits per heavy atom. The molecular weight excluding hydrogens is 194 g/mol. The van der Waals surface area contributed by atoms with Crippen LogP contribution < -0.4 is 5.73 Å². The van der Waals surface area contributed by atoms with Gasteiger partial charge in [0.1, 0.15) is 0 Å². The van der Waals surface area contributed by atoms with Crippen molar-refractivity contribution in [2.75, 3.05) is 5.75 Å². The van der Waals surface area contributed by atoms with E-state index in [9.17, 15) is 0 Å². The summed E-state index contributed by atoms with van der Waals surface area (Å²) in [5.74, 6) is 1.71. The molecule has 1 aromatic rings. The molecule has 14 heavy (non-hydrogen) atoms. The summed E-state index contributed by atoms with van der Waals surface area (Å²) in [4.78, 5) is 8.70. The molecule has 1 rings (SSSR count). The number of nitrogens with two attached hydrogens (primary N) is 1. The molecule has 0 saturated heterocycles. The molecule has 0 saturated carbocycles. The number of nitrogens with zero attached hydrogens (tertiary/aromatic N) is 2. The molecule has 0 spiro atoms. The molecule has 0 atom stereocenters. The smallest absolute Gasteiger partial charge is 0.188 e. The summed E-state index contributed by atoms with van der Waals surface area (Å²) in [6, 6.07) is 1.93. The van der Waals surface area contributed by atoms with Crippen LogP contribution in [0.25, 0.3) is 0 Å². The summed E-state index contributed by atoms with van der Waals surface area (Å²) in [7, 11) is 0. The Balaban J connectivity index is 2.71. The van der Waals surface area contributed by atoms with E-state index in [1.54, 1.807) is 11.8 Å². The van der Waals surface area contributed by atoms with Gasteiger partial charge in [-0.1, -0.05) is 25.6 Å². The lowest BCUT2D eigenvalue weighted by molar-refractivity contribution is 0.746. The highest BCUT2D eigenvalue weighted by molar-refractivity contribution is 7.99. The molecule has 0 aliphatic carbocycles. The van der Waals surface area contributed by atoms with Crippen molar-refractivity contribution in [2.24, 2.45) is 11.7 Å². The Hall–Kier alpha value is -0.610. The third-order valence-electron chi connectivity index (χ3n) is 1.64. The molecule has 0 aromatic carbocycles. The van der Waals surface area contributed by atoms with Crippen molar-refractivity contribution in [1.29, 1.82) is 0 Å². The predicted molar refractivity (Wildman–Crippen MR) is 60.2 cm³/mol. The van der Waals surface area contributed by atoms with Crippen LogP contribution in [-0.4, -0.2) is 15.7 Å². The lowest BCUT2D eigenvalue weighted by atomic mass is 10.3. The topological polar surface area (TPSA) is 51.8 Å². The zero-order chi connectivity index (χ0) is 10.6. The third-order valence-corrected chi connectivity index (χ3v) is 2.92. The van der Waals surface area contributed by atoms with E-state index in [-0.39, 0.29) is 0 Å². The fourth-order valence-electron chi connectivity index (χ4n) is 1.01. The van der Waals surface area contributed by atoms with E-state index in [0.29, 0.717) is 12.5 Å². The van der Waals surface area contributed by atoms with Gasteiger partial charge in [0.05, 0.1) is 5.69 Å². The number of thioether (sulfide) groups is 1. The molecule has 0 aliphatic rings. The van der Waals surface area contributed by atoms with E-state index in [2.05, 4.69) is 23.8 Å². The van der Waals surface area contributed by atoms with Crippen molar-refractivity contribution >= 4 is 11.8 Å². The van der Waals surface area contributed by atoms with Gasteiger partial charge in [-0.05, 0) is 18.9 Å². The largest absolute Gasteiger partial charge is 0.325 e. The van der Waals surface area contributed by atoms with Crippen molar-refractivity contribution in [3.8, 4) is 0 Å². The molecule has 1 aromatic heterocycles. The maximum Gasteiger partial charge on any atom is 0.188 e. The minimum Gasteiger partial charge on any atom is -0.325 e. The summed E-state index contributed by atoms with van der Waals surface area (Å²) in [5, 5.41) is 0.846. The van der Waals surface area contributed by atoms with Crippen LogP contribution in [0.2, 0.25) is 0 Å². The van der Waals surface area contributed by atoms with Gasteiger partial charge in [-0.15, -0.1) is 0 Å². The van der Waals surface area contributed by atoms with E-state index in [0.717, 1.165) is 22.3 Å². The summed E-state index contributed by atoms with van der Waals surface area (Å²) in [5.41, 5.74) is 7.46. The highest BCUT2D eigenvalue weighted by atomic mass is 32.2. The van der Waals surface area contributed by atoms with E-state index in [4.69, 9.17) is 5.73 Å². The number of hydrogen-bond acceptors (Lipinski definition) is 4. The van der Waals surface area contributed by atoms with Gasteiger partial charge < -0.3 is 5.73 Å². The first-order valence-electron chi connectivity index (χ1n) is 4.79. The average Bonchev–Trinajstić information content (AvgIpc) is 2.14. The second-order valence-corrected chi connectivity index (χ2v) is 4.68. The molecule has 1 heterocycles. The van der Waals surface area contributed by atoms with Gasteiger partial charge >= 0.3 is 0 Å². The summed E-state index contributed by atoms with van der Waals surface area (Å²) < 4.78 is 0. The molecule has 3 nitrogen and oxygen atoms in total. The quantitative estimate of drug-likeness (QED) is 0.611. The van der Waals surface area contributed by atoms with Crippen LogP contribution in [0.15, 0.2) is 11.2 Å². The lowest BCUT2D eigenvalue weighted by Gasteiger charge is -2.05. The van der Waals surface area contributed by atoms with Crippen LogP contribution >= 0.6 is 11.8 Å². The van der Waals surface area contributed by atoms with Crippen molar-refractivity contribution in [1.82, 2.24) is 9.97 Å². The van der Waals surface area contributed by atoms with E-state index in [1.807, 2.05) is 13.0 Å². The number of rotatable bonds is 4. The minimum absolute atomic E-state index is 0.485. The fraction of sp³-hybridized carbons (Fsp3) is 0.600. The molecular formula is C10H17N3S. The molecule has 0 radical (unpaired) electrons. The van der Waals surface area contributed by atoms with Crippen LogP contribution in [-0.2, 0) is 6.54 Å². The monoisotopic (exact) mass is 211 g/mol. The number of hydrogen-bond donors (Lipinski definition) is 1. The average molecular weight is 211 g/mol. The Morgan fingerprint density at radius 1 is 1.43 bits per heavy atom. The summed E-state index contributed by atoms with van der Waals surface area (Å²) >= 11 is 1.69. The maximum absolute atomic E-state index is 5.54. The molecule has 0 amide bonds. The highest BCUT2D eigenvalue weighted by Gasteiger charge is 2.03. The summed E-state index contributed by atoms with van der Waals surface area (Å²) in [6.07, 6.45) is 0. The van der Waals surface area contributed by atoms with Gasteiger partial charge in [0, 0.05) is 18.0 Å². The normalized spacial score (nSPS) is 10.9. The first kappa shape index (κ1) is 11.5. The first-order valence-corrected chi connectivity index (χ1v) is 5.77. The standard InChI is InChI=1S/C10H17N3S/c1-7(2)6-14-10-12-8(3)4-9(5-11)13-10/h4,7H,5-6,11H2,1-3H3. The molecule has 0 aliphatic heterocycles. The maximum atomic E-state index is 5.54. The number of aromatic nitrogens is 2. The van der Waals surface area contributed by atoms with Crippen LogP contribution in [0, 0.1) is 12.8 Å². The Bertz CT molecular complexity index is 299. The molecule has 2 N–H and O–H groups in total. The van der Waals surface area contributed by atoms with Crippen LogP contribution in [0.1, 0.15) is 25.2 Å². The van der Waals surface area contributed by atoms with Crippen molar-refractivity contribution in [3.63, 3.8) is 0 Å².